The predicted molar refractivity (Wildman–Crippen MR) is 109 cm³/mol. The van der Waals surface area contributed by atoms with Gasteiger partial charge in [0, 0.05) is 48.5 Å². The van der Waals surface area contributed by atoms with E-state index < -0.39 is 4.92 Å². The van der Waals surface area contributed by atoms with Crippen LogP contribution in [0, 0.1) is 17.0 Å². The van der Waals surface area contributed by atoms with Crippen LogP contribution in [0.3, 0.4) is 0 Å². The Morgan fingerprint density at radius 1 is 1.18 bits per heavy atom. The van der Waals surface area contributed by atoms with E-state index in [0.717, 1.165) is 11.3 Å². The third-order valence-corrected chi connectivity index (χ3v) is 5.02. The molecule has 2 aromatic carbocycles. The molecule has 7 nitrogen and oxygen atoms in total. The number of carbonyl (C=O) groups is 1. The lowest BCUT2D eigenvalue weighted by atomic mass is 10.1. The molecule has 0 bridgehead atoms. The maximum absolute atomic E-state index is 12.8. The van der Waals surface area contributed by atoms with Gasteiger partial charge in [-0.1, -0.05) is 17.7 Å². The summed E-state index contributed by atoms with van der Waals surface area (Å²) in [5.41, 5.74) is 2.30. The predicted octanol–water partition coefficient (Wildman–Crippen LogP) is 3.92. The number of rotatable bonds is 5. The first-order chi connectivity index (χ1) is 13.4. The maximum Gasteiger partial charge on any atom is 0.311 e. The zero-order chi connectivity index (χ0) is 20.3. The minimum Gasteiger partial charge on any atom is -0.487 e. The summed E-state index contributed by atoms with van der Waals surface area (Å²) in [5, 5.41) is 12.0. The Hall–Kier alpha value is -2.80. The highest BCUT2D eigenvalue weighted by Crippen LogP contribution is 2.29. The van der Waals surface area contributed by atoms with Gasteiger partial charge >= 0.3 is 5.69 Å². The monoisotopic (exact) mass is 403 g/mol. The van der Waals surface area contributed by atoms with Crippen LogP contribution in [0.2, 0.25) is 5.02 Å². The summed E-state index contributed by atoms with van der Waals surface area (Å²) < 4.78 is 5.28. The van der Waals surface area contributed by atoms with Crippen LogP contribution in [0.25, 0.3) is 0 Å². The number of ether oxygens (including phenoxy) is 1. The largest absolute Gasteiger partial charge is 0.487 e. The highest BCUT2D eigenvalue weighted by atomic mass is 35.5. The third-order valence-electron chi connectivity index (χ3n) is 4.78. The molecule has 8 heteroatoms. The van der Waals surface area contributed by atoms with Gasteiger partial charge in [-0.2, -0.15) is 0 Å². The molecular weight excluding hydrogens is 382 g/mol. The fourth-order valence-electron chi connectivity index (χ4n) is 3.33. The lowest BCUT2D eigenvalue weighted by Crippen LogP contribution is -2.49. The van der Waals surface area contributed by atoms with Gasteiger partial charge in [-0.25, -0.2) is 0 Å². The van der Waals surface area contributed by atoms with Crippen molar-refractivity contribution in [1.29, 1.82) is 0 Å². The zero-order valence-electron chi connectivity index (χ0n) is 15.9. The van der Waals surface area contributed by atoms with E-state index in [1.54, 1.807) is 17.9 Å². The van der Waals surface area contributed by atoms with Crippen molar-refractivity contribution in [3.63, 3.8) is 0 Å². The second-order valence-corrected chi connectivity index (χ2v) is 7.02. The minimum absolute atomic E-state index is 0.172. The molecule has 3 rings (SSSR count). The molecule has 2 aromatic rings. The van der Waals surface area contributed by atoms with Crippen molar-refractivity contribution in [3.8, 4) is 5.75 Å². The molecule has 1 fully saturated rings. The third kappa shape index (κ3) is 4.20. The van der Waals surface area contributed by atoms with Crippen LogP contribution in [0.1, 0.15) is 22.8 Å². The van der Waals surface area contributed by atoms with Gasteiger partial charge in [0.2, 0.25) is 0 Å². The molecule has 0 saturated carbocycles. The first-order valence-corrected chi connectivity index (χ1v) is 9.50. The first-order valence-electron chi connectivity index (χ1n) is 9.12. The van der Waals surface area contributed by atoms with Gasteiger partial charge in [0.1, 0.15) is 0 Å². The summed E-state index contributed by atoms with van der Waals surface area (Å²) in [7, 11) is 0. The second kappa shape index (κ2) is 8.48. The first kappa shape index (κ1) is 19.9. The summed E-state index contributed by atoms with van der Waals surface area (Å²) in [5.74, 6) is -0.0427. The van der Waals surface area contributed by atoms with E-state index in [4.69, 9.17) is 16.3 Å². The molecule has 0 aromatic heterocycles. The van der Waals surface area contributed by atoms with E-state index in [2.05, 4.69) is 4.90 Å². The van der Waals surface area contributed by atoms with Gasteiger partial charge in [0.05, 0.1) is 11.5 Å². The molecule has 1 saturated heterocycles. The van der Waals surface area contributed by atoms with E-state index in [0.29, 0.717) is 43.4 Å². The Bertz CT molecular complexity index is 895. The van der Waals surface area contributed by atoms with Crippen molar-refractivity contribution in [2.75, 3.05) is 37.7 Å². The second-order valence-electron chi connectivity index (χ2n) is 6.58. The molecule has 0 unspecified atom stereocenters. The van der Waals surface area contributed by atoms with Gasteiger partial charge < -0.3 is 14.5 Å². The Morgan fingerprint density at radius 2 is 1.89 bits per heavy atom. The summed E-state index contributed by atoms with van der Waals surface area (Å²) in [6.07, 6.45) is 0. The molecule has 1 amide bonds. The molecule has 28 heavy (non-hydrogen) atoms. The van der Waals surface area contributed by atoms with Crippen molar-refractivity contribution < 1.29 is 14.5 Å². The van der Waals surface area contributed by atoms with E-state index in [1.165, 1.54) is 12.1 Å². The fourth-order valence-corrected chi connectivity index (χ4v) is 3.49. The smallest absolute Gasteiger partial charge is 0.311 e. The zero-order valence-corrected chi connectivity index (χ0v) is 16.6. The van der Waals surface area contributed by atoms with Gasteiger partial charge in [-0.05, 0) is 43.7 Å². The summed E-state index contributed by atoms with van der Waals surface area (Å²) in [4.78, 5) is 27.5. The van der Waals surface area contributed by atoms with Crippen LogP contribution < -0.4 is 9.64 Å². The average Bonchev–Trinajstić information content (AvgIpc) is 2.70. The van der Waals surface area contributed by atoms with E-state index >= 15 is 0 Å². The molecule has 1 heterocycles. The van der Waals surface area contributed by atoms with Crippen LogP contribution in [-0.2, 0) is 0 Å². The van der Waals surface area contributed by atoms with Gasteiger partial charge in [0.15, 0.2) is 5.75 Å². The van der Waals surface area contributed by atoms with Gasteiger partial charge in [0.25, 0.3) is 5.91 Å². The molecule has 148 valence electrons. The van der Waals surface area contributed by atoms with Crippen LogP contribution in [0.5, 0.6) is 5.75 Å². The Morgan fingerprint density at radius 3 is 2.54 bits per heavy atom. The van der Waals surface area contributed by atoms with Crippen molar-refractivity contribution >= 4 is 28.9 Å². The highest BCUT2D eigenvalue weighted by molar-refractivity contribution is 6.30. The molecule has 1 aliphatic heterocycles. The molecule has 0 aliphatic carbocycles. The molecule has 0 N–H and O–H groups in total. The van der Waals surface area contributed by atoms with Crippen LogP contribution in [0.4, 0.5) is 11.4 Å². The molecule has 0 radical (unpaired) electrons. The summed E-state index contributed by atoms with van der Waals surface area (Å²) in [6, 6.07) is 10.1. The van der Waals surface area contributed by atoms with Crippen molar-refractivity contribution in [2.45, 2.75) is 13.8 Å². The average molecular weight is 404 g/mol. The number of halogens is 1. The van der Waals surface area contributed by atoms with Crippen LogP contribution in [-0.4, -0.2) is 48.5 Å². The quantitative estimate of drug-likeness (QED) is 0.558. The normalized spacial score (nSPS) is 14.1. The lowest BCUT2D eigenvalue weighted by molar-refractivity contribution is -0.385. The number of nitrogens with zero attached hydrogens (tertiary/aromatic N) is 3. The standard InChI is InChI=1S/C20H22ClN3O4/c1-3-28-19-7-5-15(12-18(19)24(26)27)20(25)23-10-8-22(9-11-23)17-13-16(21)6-4-14(17)2/h4-7,12-13H,3,8-11H2,1-2H3. The topological polar surface area (TPSA) is 75.9 Å². The summed E-state index contributed by atoms with van der Waals surface area (Å²) >= 11 is 6.11. The van der Waals surface area contributed by atoms with Crippen molar-refractivity contribution in [2.24, 2.45) is 0 Å². The number of carbonyl (C=O) groups excluding carboxylic acids is 1. The highest BCUT2D eigenvalue weighted by Gasteiger charge is 2.25. The van der Waals surface area contributed by atoms with E-state index in [-0.39, 0.29) is 17.3 Å². The van der Waals surface area contributed by atoms with E-state index in [9.17, 15) is 14.9 Å². The number of nitro benzene ring substituents is 1. The number of piperazine rings is 1. The Labute approximate surface area is 168 Å². The van der Waals surface area contributed by atoms with Crippen LogP contribution >= 0.6 is 11.6 Å². The van der Waals surface area contributed by atoms with Gasteiger partial charge in [-0.3, -0.25) is 14.9 Å². The summed E-state index contributed by atoms with van der Waals surface area (Å²) in [6.45, 7) is 6.51. The number of hydrogen-bond acceptors (Lipinski definition) is 5. The molecule has 0 atom stereocenters. The lowest BCUT2D eigenvalue weighted by Gasteiger charge is -2.37. The molecule has 0 spiro atoms. The Balaban J connectivity index is 1.72. The number of nitro groups is 1. The number of benzene rings is 2. The Kier molecular flexibility index (Phi) is 6.04. The number of amides is 1. The van der Waals surface area contributed by atoms with Crippen LogP contribution in [0.15, 0.2) is 36.4 Å². The van der Waals surface area contributed by atoms with Crippen molar-refractivity contribution in [3.05, 3.63) is 62.7 Å². The van der Waals surface area contributed by atoms with Gasteiger partial charge in [-0.15, -0.1) is 0 Å². The number of anilines is 1. The molecular formula is C20H22ClN3O4. The molecule has 1 aliphatic rings. The number of hydrogen-bond donors (Lipinski definition) is 0. The SMILES string of the molecule is CCOc1ccc(C(=O)N2CCN(c3cc(Cl)ccc3C)CC2)cc1[N+](=O)[O-]. The van der Waals surface area contributed by atoms with Crippen molar-refractivity contribution in [1.82, 2.24) is 4.90 Å². The maximum atomic E-state index is 12.8. The fraction of sp³-hybridized carbons (Fsp3) is 0.350. The van der Waals surface area contributed by atoms with E-state index in [1.807, 2.05) is 25.1 Å². The minimum atomic E-state index is -0.526. The number of aryl methyl sites for hydroxylation is 1.